The minimum absolute atomic E-state index is 0.0589. The molecule has 2 rings (SSSR count). The highest BCUT2D eigenvalue weighted by Gasteiger charge is 2.10. The highest BCUT2D eigenvalue weighted by Crippen LogP contribution is 2.25. The SMILES string of the molecule is Cc1nc(Oc2ccc(F)c(Cl)c2)ccc1C(=O)O. The van der Waals surface area contributed by atoms with Crippen molar-refractivity contribution >= 4 is 17.6 Å². The van der Waals surface area contributed by atoms with Crippen LogP contribution in [-0.2, 0) is 0 Å². The van der Waals surface area contributed by atoms with Crippen molar-refractivity contribution in [2.75, 3.05) is 0 Å². The number of aryl methyl sites for hydroxylation is 1. The summed E-state index contributed by atoms with van der Waals surface area (Å²) < 4.78 is 18.3. The average molecular weight is 282 g/mol. The van der Waals surface area contributed by atoms with Gasteiger partial charge in [-0.15, -0.1) is 0 Å². The van der Waals surface area contributed by atoms with Gasteiger partial charge in [0.1, 0.15) is 11.6 Å². The number of halogens is 2. The number of carboxylic acids is 1. The summed E-state index contributed by atoms with van der Waals surface area (Å²) in [6.07, 6.45) is 0. The Morgan fingerprint density at radius 1 is 1.37 bits per heavy atom. The average Bonchev–Trinajstić information content (AvgIpc) is 2.33. The van der Waals surface area contributed by atoms with Gasteiger partial charge in [0, 0.05) is 12.1 Å². The topological polar surface area (TPSA) is 59.4 Å². The molecule has 6 heteroatoms. The maximum Gasteiger partial charge on any atom is 0.337 e. The first-order valence-electron chi connectivity index (χ1n) is 5.31. The number of pyridine rings is 1. The van der Waals surface area contributed by atoms with Crippen LogP contribution in [0.1, 0.15) is 16.1 Å². The minimum atomic E-state index is -1.05. The lowest BCUT2D eigenvalue weighted by molar-refractivity contribution is 0.0695. The van der Waals surface area contributed by atoms with Crippen molar-refractivity contribution in [2.45, 2.75) is 6.92 Å². The van der Waals surface area contributed by atoms with Gasteiger partial charge < -0.3 is 9.84 Å². The van der Waals surface area contributed by atoms with Gasteiger partial charge in [-0.25, -0.2) is 14.2 Å². The Balaban J connectivity index is 2.26. The first-order valence-corrected chi connectivity index (χ1v) is 5.69. The Bertz CT molecular complexity index is 646. The van der Waals surface area contributed by atoms with E-state index in [4.69, 9.17) is 21.4 Å². The highest BCUT2D eigenvalue weighted by atomic mass is 35.5. The largest absolute Gasteiger partial charge is 0.478 e. The summed E-state index contributed by atoms with van der Waals surface area (Å²) in [5.41, 5.74) is 0.433. The van der Waals surface area contributed by atoms with Crippen molar-refractivity contribution in [1.29, 1.82) is 0 Å². The molecule has 0 bridgehead atoms. The van der Waals surface area contributed by atoms with Crippen LogP contribution in [0.15, 0.2) is 30.3 Å². The zero-order chi connectivity index (χ0) is 14.0. The zero-order valence-corrected chi connectivity index (χ0v) is 10.6. The summed E-state index contributed by atoms with van der Waals surface area (Å²) in [5, 5.41) is 8.81. The lowest BCUT2D eigenvalue weighted by Gasteiger charge is -2.07. The summed E-state index contributed by atoms with van der Waals surface area (Å²) in [6, 6.07) is 6.72. The van der Waals surface area contributed by atoms with E-state index in [2.05, 4.69) is 4.98 Å². The molecule has 0 saturated heterocycles. The highest BCUT2D eigenvalue weighted by molar-refractivity contribution is 6.30. The molecule has 0 aliphatic carbocycles. The number of nitrogens with zero attached hydrogens (tertiary/aromatic N) is 1. The number of hydrogen-bond donors (Lipinski definition) is 1. The van der Waals surface area contributed by atoms with Crippen LogP contribution in [0.3, 0.4) is 0 Å². The lowest BCUT2D eigenvalue weighted by Crippen LogP contribution is -2.02. The van der Waals surface area contributed by atoms with Crippen LogP contribution >= 0.6 is 11.6 Å². The molecule has 19 heavy (non-hydrogen) atoms. The van der Waals surface area contributed by atoms with Crippen molar-refractivity contribution in [3.63, 3.8) is 0 Å². The quantitative estimate of drug-likeness (QED) is 0.932. The van der Waals surface area contributed by atoms with E-state index in [1.807, 2.05) is 0 Å². The van der Waals surface area contributed by atoms with Crippen molar-refractivity contribution < 1.29 is 19.0 Å². The van der Waals surface area contributed by atoms with Gasteiger partial charge >= 0.3 is 5.97 Å². The van der Waals surface area contributed by atoms with Gasteiger partial charge in [0.25, 0.3) is 0 Å². The summed E-state index contributed by atoms with van der Waals surface area (Å²) in [7, 11) is 0. The maximum absolute atomic E-state index is 13.0. The minimum Gasteiger partial charge on any atom is -0.478 e. The number of rotatable bonds is 3. The van der Waals surface area contributed by atoms with Crippen molar-refractivity contribution in [3.8, 4) is 11.6 Å². The fourth-order valence-electron chi connectivity index (χ4n) is 1.48. The molecule has 0 amide bonds. The summed E-state index contributed by atoms with van der Waals surface area (Å²) >= 11 is 5.62. The van der Waals surface area contributed by atoms with Crippen LogP contribution in [-0.4, -0.2) is 16.1 Å². The molecule has 0 aliphatic rings. The van der Waals surface area contributed by atoms with Crippen molar-refractivity contribution in [1.82, 2.24) is 4.98 Å². The number of aromatic carboxylic acids is 1. The van der Waals surface area contributed by atoms with Crippen LogP contribution in [0.4, 0.5) is 4.39 Å². The fourth-order valence-corrected chi connectivity index (χ4v) is 1.65. The third kappa shape index (κ3) is 3.00. The molecular weight excluding hydrogens is 273 g/mol. The van der Waals surface area contributed by atoms with E-state index in [9.17, 15) is 9.18 Å². The van der Waals surface area contributed by atoms with Gasteiger partial charge in [-0.1, -0.05) is 11.6 Å². The Morgan fingerprint density at radius 2 is 2.11 bits per heavy atom. The predicted octanol–water partition coefficient (Wildman–Crippen LogP) is 3.67. The Labute approximate surface area is 113 Å². The van der Waals surface area contributed by atoms with E-state index in [-0.39, 0.29) is 16.5 Å². The van der Waals surface area contributed by atoms with Gasteiger partial charge in [0.2, 0.25) is 5.88 Å². The van der Waals surface area contributed by atoms with Crippen molar-refractivity contribution in [3.05, 3.63) is 52.4 Å². The molecule has 1 N–H and O–H groups in total. The van der Waals surface area contributed by atoms with E-state index in [0.29, 0.717) is 11.4 Å². The van der Waals surface area contributed by atoms with Gasteiger partial charge in [-0.2, -0.15) is 0 Å². The van der Waals surface area contributed by atoms with Crippen LogP contribution in [0.25, 0.3) is 0 Å². The standard InChI is InChI=1S/C13H9ClFNO3/c1-7-9(13(17)18)3-5-12(16-7)19-8-2-4-11(15)10(14)6-8/h2-6H,1H3,(H,17,18). The second kappa shape index (κ2) is 5.24. The molecule has 0 saturated carbocycles. The Morgan fingerprint density at radius 3 is 2.68 bits per heavy atom. The zero-order valence-electron chi connectivity index (χ0n) is 9.85. The Kier molecular flexibility index (Phi) is 3.66. The first-order chi connectivity index (χ1) is 8.97. The van der Waals surface area contributed by atoms with Gasteiger partial charge in [0.15, 0.2) is 0 Å². The molecule has 1 aromatic heterocycles. The summed E-state index contributed by atoms with van der Waals surface area (Å²) in [5.74, 6) is -1.06. The molecule has 0 atom stereocenters. The molecule has 0 radical (unpaired) electrons. The van der Waals surface area contributed by atoms with Crippen LogP contribution in [0.5, 0.6) is 11.6 Å². The van der Waals surface area contributed by atoms with Gasteiger partial charge in [-0.05, 0) is 25.1 Å². The number of benzene rings is 1. The van der Waals surface area contributed by atoms with E-state index in [1.165, 1.54) is 30.3 Å². The lowest BCUT2D eigenvalue weighted by atomic mass is 10.2. The van der Waals surface area contributed by atoms with Gasteiger partial charge in [-0.3, -0.25) is 0 Å². The Hall–Kier alpha value is -2.14. The van der Waals surface area contributed by atoms with Crippen LogP contribution in [0, 0.1) is 12.7 Å². The molecule has 1 heterocycles. The molecule has 0 unspecified atom stereocenters. The second-order valence-electron chi connectivity index (χ2n) is 3.77. The predicted molar refractivity (Wildman–Crippen MR) is 67.4 cm³/mol. The normalized spacial score (nSPS) is 10.3. The third-order valence-electron chi connectivity index (χ3n) is 2.40. The maximum atomic E-state index is 13.0. The molecule has 4 nitrogen and oxygen atoms in total. The number of ether oxygens (including phenoxy) is 1. The molecule has 0 aliphatic heterocycles. The van der Waals surface area contributed by atoms with Crippen LogP contribution < -0.4 is 4.74 Å². The molecular formula is C13H9ClFNO3. The van der Waals surface area contributed by atoms with E-state index >= 15 is 0 Å². The van der Waals surface area contributed by atoms with E-state index < -0.39 is 11.8 Å². The van der Waals surface area contributed by atoms with Crippen molar-refractivity contribution in [2.24, 2.45) is 0 Å². The third-order valence-corrected chi connectivity index (χ3v) is 2.69. The molecule has 0 spiro atoms. The number of carboxylic acid groups (broad SMARTS) is 1. The van der Waals surface area contributed by atoms with E-state index in [0.717, 1.165) is 0 Å². The van der Waals surface area contributed by atoms with Crippen LogP contribution in [0.2, 0.25) is 5.02 Å². The molecule has 2 aromatic rings. The second-order valence-corrected chi connectivity index (χ2v) is 4.17. The monoisotopic (exact) mass is 281 g/mol. The smallest absolute Gasteiger partial charge is 0.337 e. The number of carbonyl (C=O) groups is 1. The summed E-state index contributed by atoms with van der Waals surface area (Å²) in [4.78, 5) is 14.8. The van der Waals surface area contributed by atoms with E-state index in [1.54, 1.807) is 6.92 Å². The number of aromatic nitrogens is 1. The first kappa shape index (κ1) is 13.3. The summed E-state index contributed by atoms with van der Waals surface area (Å²) in [6.45, 7) is 1.56. The number of hydrogen-bond acceptors (Lipinski definition) is 3. The molecule has 0 fully saturated rings. The fraction of sp³-hybridized carbons (Fsp3) is 0.0769. The molecule has 1 aromatic carbocycles. The molecule has 98 valence electrons. The van der Waals surface area contributed by atoms with Gasteiger partial charge in [0.05, 0.1) is 16.3 Å².